The lowest BCUT2D eigenvalue weighted by Gasteiger charge is -2.47. The molecule has 382 valence electrons. The van der Waals surface area contributed by atoms with Gasteiger partial charge >= 0.3 is 5.97 Å². The maximum Gasteiger partial charge on any atom is 0.331 e. The fraction of sp³-hybridized carbons (Fsp3) is 0.455. The summed E-state index contributed by atoms with van der Waals surface area (Å²) in [7, 11) is 2.37. The molecule has 0 saturated carbocycles. The van der Waals surface area contributed by atoms with E-state index in [9.17, 15) is 81.1 Å². The fourth-order valence-electron chi connectivity index (χ4n) is 7.83. The van der Waals surface area contributed by atoms with Crippen molar-refractivity contribution in [3.63, 3.8) is 0 Å². The first-order chi connectivity index (χ1) is 33.3. The lowest BCUT2D eigenvalue weighted by Crippen LogP contribution is -2.66. The number of rotatable bonds is 15. The summed E-state index contributed by atoms with van der Waals surface area (Å²) in [6, 6.07) is 8.10. The van der Waals surface area contributed by atoms with Crippen LogP contribution in [0.2, 0.25) is 0 Å². The number of hydrogen-bond acceptors (Lipinski definition) is 26. The Balaban J connectivity index is 1.20. The highest BCUT2D eigenvalue weighted by atomic mass is 16.8. The zero-order valence-electron chi connectivity index (χ0n) is 36.6. The van der Waals surface area contributed by atoms with Gasteiger partial charge in [0.25, 0.3) is 0 Å². The molecule has 3 fully saturated rings. The van der Waals surface area contributed by atoms with Crippen LogP contribution in [0.15, 0.2) is 57.8 Å². The maximum atomic E-state index is 14.2. The Labute approximate surface area is 393 Å². The van der Waals surface area contributed by atoms with Gasteiger partial charge in [-0.2, -0.15) is 0 Å². The molecule has 14 N–H and O–H groups in total. The van der Waals surface area contributed by atoms with E-state index in [-0.39, 0.29) is 17.1 Å². The summed E-state index contributed by atoms with van der Waals surface area (Å²) in [6.07, 6.45) is -27.0. The average Bonchev–Trinajstić information content (AvgIpc) is 3.33. The van der Waals surface area contributed by atoms with Gasteiger partial charge in [-0.3, -0.25) is 4.79 Å². The number of aliphatic hydroxyl groups excluding tert-OH is 9. The summed E-state index contributed by atoms with van der Waals surface area (Å²) in [6.45, 7) is -2.78. The van der Waals surface area contributed by atoms with Crippen molar-refractivity contribution in [1.29, 1.82) is 0 Å². The summed E-state index contributed by atoms with van der Waals surface area (Å²) >= 11 is 0. The maximum absolute atomic E-state index is 14.2. The summed E-state index contributed by atoms with van der Waals surface area (Å²) in [5.41, 5.74) is -1.47. The Hall–Kier alpha value is -6.08. The largest absolute Gasteiger partial charge is 0.504 e. The van der Waals surface area contributed by atoms with Gasteiger partial charge in [0.1, 0.15) is 78.1 Å². The number of carbonyl (C=O) groups excluding carboxylic acids is 1. The number of esters is 1. The Morgan fingerprint density at radius 2 is 1.27 bits per heavy atom. The van der Waals surface area contributed by atoms with Gasteiger partial charge in [0.2, 0.25) is 23.2 Å². The Morgan fingerprint density at radius 1 is 0.643 bits per heavy atom. The van der Waals surface area contributed by atoms with E-state index in [0.29, 0.717) is 5.56 Å². The predicted octanol–water partition coefficient (Wildman–Crippen LogP) is -2.90. The Bertz CT molecular complexity index is 2580. The molecular weight excluding hydrogens is 944 g/mol. The molecule has 4 heterocycles. The van der Waals surface area contributed by atoms with Crippen molar-refractivity contribution in [3.8, 4) is 57.3 Å². The van der Waals surface area contributed by atoms with Crippen molar-refractivity contribution in [2.45, 2.75) is 92.1 Å². The van der Waals surface area contributed by atoms with Crippen molar-refractivity contribution < 1.29 is 123 Å². The summed E-state index contributed by atoms with van der Waals surface area (Å²) in [5, 5.41) is 148. The van der Waals surface area contributed by atoms with Gasteiger partial charge in [0, 0.05) is 17.7 Å². The molecule has 3 aliphatic rings. The number of methoxy groups -OCH3 is 2. The molecule has 3 aromatic carbocycles. The first-order valence-electron chi connectivity index (χ1n) is 21.1. The number of carbonyl (C=O) groups is 1. The molecule has 1 aromatic heterocycles. The highest BCUT2D eigenvalue weighted by molar-refractivity contribution is 5.91. The molecule has 3 aliphatic heterocycles. The van der Waals surface area contributed by atoms with Crippen LogP contribution < -0.4 is 19.6 Å². The summed E-state index contributed by atoms with van der Waals surface area (Å²) < 4.78 is 56.2. The van der Waals surface area contributed by atoms with E-state index in [1.54, 1.807) is 0 Å². The van der Waals surface area contributed by atoms with Gasteiger partial charge < -0.3 is 119 Å². The number of phenolic OH excluding ortho intramolecular Hbond substituents is 5. The van der Waals surface area contributed by atoms with Gasteiger partial charge in [-0.15, -0.1) is 0 Å². The van der Waals surface area contributed by atoms with E-state index in [1.165, 1.54) is 37.5 Å². The first kappa shape index (κ1) is 51.8. The van der Waals surface area contributed by atoms with Crippen LogP contribution in [0.3, 0.4) is 0 Å². The highest BCUT2D eigenvalue weighted by Gasteiger charge is 2.54. The second-order valence-electron chi connectivity index (χ2n) is 16.1. The molecule has 26 heteroatoms. The molecule has 26 nitrogen and oxygen atoms in total. The third kappa shape index (κ3) is 10.2. The van der Waals surface area contributed by atoms with E-state index in [2.05, 4.69) is 0 Å². The van der Waals surface area contributed by atoms with Crippen molar-refractivity contribution >= 4 is 23.0 Å². The quantitative estimate of drug-likeness (QED) is 0.0323. The number of aliphatic hydroxyl groups is 9. The van der Waals surface area contributed by atoms with Crippen LogP contribution >= 0.6 is 0 Å². The van der Waals surface area contributed by atoms with Crippen LogP contribution in [0.25, 0.3) is 28.4 Å². The van der Waals surface area contributed by atoms with E-state index in [4.69, 9.17) is 47.0 Å². The normalized spacial score (nSPS) is 31.4. The van der Waals surface area contributed by atoms with Crippen LogP contribution in [0.4, 0.5) is 0 Å². The SMILES string of the molecule is COc1cc(/C=C/C(=O)O[C@H]2[C@H](OC[C@H]3O[C@@H](Oc4c(-c5ccc(O)c(O)c5)oc5cc(O)c(OC)c(O)c5c4=O)[C@H](O)[C@@H](O)[C@@H]3O)O[C@H](CO)[C@@H](O)[C@@H]2O[C@@H]2O[C@H](CO)[C@@H](O)[C@H](O)[C@H]2O)ccc1O. The van der Waals surface area contributed by atoms with Gasteiger partial charge in [0.05, 0.1) is 34.0 Å². The zero-order chi connectivity index (χ0) is 50.9. The van der Waals surface area contributed by atoms with Crippen LogP contribution in [-0.4, -0.2) is 204 Å². The van der Waals surface area contributed by atoms with E-state index >= 15 is 0 Å². The molecule has 3 saturated heterocycles. The number of ether oxygens (including phenoxy) is 9. The number of phenols is 5. The van der Waals surface area contributed by atoms with Gasteiger partial charge in [0.15, 0.2) is 58.9 Å². The second-order valence-corrected chi connectivity index (χ2v) is 16.1. The molecule has 0 bridgehead atoms. The minimum Gasteiger partial charge on any atom is -0.504 e. The molecule has 7 rings (SSSR count). The van der Waals surface area contributed by atoms with Gasteiger partial charge in [-0.05, 0) is 42.0 Å². The molecule has 4 aromatic rings. The third-order valence-corrected chi connectivity index (χ3v) is 11.6. The van der Waals surface area contributed by atoms with Crippen LogP contribution in [0, 0.1) is 0 Å². The molecule has 15 atom stereocenters. The molecule has 0 radical (unpaired) electrons. The Morgan fingerprint density at radius 3 is 1.93 bits per heavy atom. The number of fused-ring (bicyclic) bond motifs is 1. The number of hydrogen-bond donors (Lipinski definition) is 14. The summed E-state index contributed by atoms with van der Waals surface area (Å²) in [5.74, 6) is -6.16. The number of benzene rings is 3. The molecule has 0 aliphatic carbocycles. The van der Waals surface area contributed by atoms with Gasteiger partial charge in [-0.1, -0.05) is 6.07 Å². The Kier molecular flexibility index (Phi) is 15.9. The molecule has 0 unspecified atom stereocenters. The third-order valence-electron chi connectivity index (χ3n) is 11.6. The molecule has 70 heavy (non-hydrogen) atoms. The van der Waals surface area contributed by atoms with Crippen molar-refractivity contribution in [2.75, 3.05) is 34.0 Å². The van der Waals surface area contributed by atoms with Gasteiger partial charge in [-0.25, -0.2) is 4.79 Å². The summed E-state index contributed by atoms with van der Waals surface area (Å²) in [4.78, 5) is 27.7. The van der Waals surface area contributed by atoms with Crippen molar-refractivity contribution in [1.82, 2.24) is 0 Å². The minimum absolute atomic E-state index is 0.0492. The zero-order valence-corrected chi connectivity index (χ0v) is 36.6. The molecule has 0 spiro atoms. The lowest BCUT2D eigenvalue weighted by molar-refractivity contribution is -0.364. The monoisotopic (exact) mass is 994 g/mol. The smallest absolute Gasteiger partial charge is 0.331 e. The lowest BCUT2D eigenvalue weighted by atomic mass is 9.96. The molecule has 0 amide bonds. The topological polar surface area (TPSA) is 414 Å². The average molecular weight is 995 g/mol. The van der Waals surface area contributed by atoms with Crippen LogP contribution in [0.1, 0.15) is 5.56 Å². The molecular formula is C44H50O26. The minimum atomic E-state index is -2.18. The van der Waals surface area contributed by atoms with Crippen LogP contribution in [0.5, 0.6) is 46.0 Å². The standard InChI is InChI=1S/C44H50O26/c1-61-21-9-15(3-6-18(21)48)4-8-26(51)68-41-39(69-42-35(59)33(57)28(52)23(12-45)65-42)30(54)24(13-46)66-44(41)63-14-25-29(53)34(58)36(60)43(67-25)70-40-32(56)27-22(11-20(50)38(62-2)31(27)55)64-37(40)16-5-7-17(47)19(49)10-16/h3-11,23-25,28-30,33-36,39,41-50,52-55,57-60H,12-14H2,1-2H3/b8-4+/t23-,24-,25-,28-,29-,30-,33+,34+,35-,36-,39+,41-,42+,43+,44-/m1/s1. The van der Waals surface area contributed by atoms with Crippen molar-refractivity contribution in [3.05, 3.63) is 64.3 Å². The van der Waals surface area contributed by atoms with E-state index in [0.717, 1.165) is 31.4 Å². The van der Waals surface area contributed by atoms with Crippen LogP contribution in [-0.2, 0) is 33.2 Å². The van der Waals surface area contributed by atoms with E-state index in [1.807, 2.05) is 0 Å². The first-order valence-corrected chi connectivity index (χ1v) is 21.1. The van der Waals surface area contributed by atoms with E-state index < -0.39 is 175 Å². The number of aromatic hydroxyl groups is 5. The predicted molar refractivity (Wildman–Crippen MR) is 228 cm³/mol. The highest BCUT2D eigenvalue weighted by Crippen LogP contribution is 2.45. The van der Waals surface area contributed by atoms with Crippen molar-refractivity contribution in [2.24, 2.45) is 0 Å². The second kappa shape index (κ2) is 21.5. The fourth-order valence-corrected chi connectivity index (χ4v) is 7.83.